The SMILES string of the molecule is Cc1nc(Nc2cccc(C(C)O)c2)c2c3c(sc2n1)CCC3. The van der Waals surface area contributed by atoms with Crippen LogP contribution in [0.3, 0.4) is 0 Å². The van der Waals surface area contributed by atoms with Crippen LogP contribution in [0.15, 0.2) is 24.3 Å². The highest BCUT2D eigenvalue weighted by Gasteiger charge is 2.22. The van der Waals surface area contributed by atoms with Gasteiger partial charge in [-0.05, 0) is 56.4 Å². The topological polar surface area (TPSA) is 58.0 Å². The van der Waals surface area contributed by atoms with E-state index in [9.17, 15) is 5.11 Å². The van der Waals surface area contributed by atoms with Gasteiger partial charge in [0.2, 0.25) is 0 Å². The molecule has 23 heavy (non-hydrogen) atoms. The molecule has 1 aliphatic rings. The Morgan fingerprint density at radius 2 is 2.13 bits per heavy atom. The van der Waals surface area contributed by atoms with Crippen molar-refractivity contribution in [3.05, 3.63) is 46.1 Å². The third kappa shape index (κ3) is 2.60. The van der Waals surface area contributed by atoms with Crippen LogP contribution in [-0.2, 0) is 12.8 Å². The molecule has 1 unspecified atom stereocenters. The van der Waals surface area contributed by atoms with Crippen LogP contribution >= 0.6 is 11.3 Å². The van der Waals surface area contributed by atoms with E-state index < -0.39 is 6.10 Å². The molecule has 118 valence electrons. The predicted octanol–water partition coefficient (Wildman–Crippen LogP) is 4.29. The molecule has 5 heteroatoms. The summed E-state index contributed by atoms with van der Waals surface area (Å²) in [4.78, 5) is 11.8. The Morgan fingerprint density at radius 3 is 2.96 bits per heavy atom. The molecule has 0 saturated heterocycles. The molecule has 1 atom stereocenters. The molecule has 0 radical (unpaired) electrons. The van der Waals surface area contributed by atoms with Crippen LogP contribution in [0.5, 0.6) is 0 Å². The largest absolute Gasteiger partial charge is 0.389 e. The summed E-state index contributed by atoms with van der Waals surface area (Å²) in [5.41, 5.74) is 3.26. The molecule has 1 aliphatic carbocycles. The maximum absolute atomic E-state index is 9.77. The molecule has 0 amide bonds. The molecule has 2 N–H and O–H groups in total. The van der Waals surface area contributed by atoms with E-state index in [4.69, 9.17) is 0 Å². The van der Waals surface area contributed by atoms with Crippen molar-refractivity contribution in [2.45, 2.75) is 39.2 Å². The van der Waals surface area contributed by atoms with Crippen LogP contribution in [-0.4, -0.2) is 15.1 Å². The fourth-order valence-corrected chi connectivity index (χ4v) is 4.51. The molecule has 0 fully saturated rings. The minimum atomic E-state index is -0.478. The number of benzene rings is 1. The molecule has 4 rings (SSSR count). The molecular weight excluding hydrogens is 306 g/mol. The first kappa shape index (κ1) is 14.6. The van der Waals surface area contributed by atoms with Gasteiger partial charge in [-0.2, -0.15) is 0 Å². The lowest BCUT2D eigenvalue weighted by molar-refractivity contribution is 0.199. The van der Waals surface area contributed by atoms with Crippen molar-refractivity contribution >= 4 is 33.1 Å². The van der Waals surface area contributed by atoms with Gasteiger partial charge in [-0.3, -0.25) is 0 Å². The highest BCUT2D eigenvalue weighted by atomic mass is 32.1. The zero-order chi connectivity index (χ0) is 16.0. The third-order valence-corrected chi connectivity index (χ3v) is 5.49. The van der Waals surface area contributed by atoms with Crippen LogP contribution < -0.4 is 5.32 Å². The van der Waals surface area contributed by atoms with Crippen molar-refractivity contribution < 1.29 is 5.11 Å². The molecule has 4 nitrogen and oxygen atoms in total. The first-order valence-corrected chi connectivity index (χ1v) is 8.77. The minimum absolute atomic E-state index is 0.478. The lowest BCUT2D eigenvalue weighted by atomic mass is 10.1. The number of nitrogens with one attached hydrogen (secondary N) is 1. The van der Waals surface area contributed by atoms with Crippen molar-refractivity contribution in [1.29, 1.82) is 0 Å². The molecule has 2 aromatic heterocycles. The van der Waals surface area contributed by atoms with Crippen molar-refractivity contribution in [1.82, 2.24) is 9.97 Å². The third-order valence-electron chi connectivity index (χ3n) is 4.31. The quantitative estimate of drug-likeness (QED) is 0.754. The normalized spacial score (nSPS) is 14.9. The average molecular weight is 325 g/mol. The molecular formula is C18H19N3OS. The van der Waals surface area contributed by atoms with Crippen LogP contribution in [0.1, 0.15) is 41.3 Å². The van der Waals surface area contributed by atoms with Crippen LogP contribution in [0.4, 0.5) is 11.5 Å². The zero-order valence-corrected chi connectivity index (χ0v) is 14.1. The van der Waals surface area contributed by atoms with Gasteiger partial charge in [-0.15, -0.1) is 11.3 Å². The van der Waals surface area contributed by atoms with Crippen molar-refractivity contribution in [3.8, 4) is 0 Å². The van der Waals surface area contributed by atoms with E-state index in [0.29, 0.717) is 0 Å². The summed E-state index contributed by atoms with van der Waals surface area (Å²) in [6.07, 6.45) is 3.02. The number of aliphatic hydroxyl groups is 1. The lowest BCUT2D eigenvalue weighted by Gasteiger charge is -2.11. The summed E-state index contributed by atoms with van der Waals surface area (Å²) in [6.45, 7) is 3.71. The Hall–Kier alpha value is -1.98. The van der Waals surface area contributed by atoms with E-state index >= 15 is 0 Å². The number of anilines is 2. The van der Waals surface area contributed by atoms with Gasteiger partial charge in [0, 0.05) is 10.6 Å². The second-order valence-electron chi connectivity index (χ2n) is 6.08. The summed E-state index contributed by atoms with van der Waals surface area (Å²) >= 11 is 1.80. The number of nitrogens with zero attached hydrogens (tertiary/aromatic N) is 2. The summed E-state index contributed by atoms with van der Waals surface area (Å²) in [7, 11) is 0. The van der Waals surface area contributed by atoms with E-state index in [1.807, 2.05) is 31.2 Å². The molecule has 3 aromatic rings. The van der Waals surface area contributed by atoms with Crippen LogP contribution in [0.2, 0.25) is 0 Å². The molecule has 0 saturated carbocycles. The Bertz CT molecular complexity index is 885. The molecule has 1 aromatic carbocycles. The first-order chi connectivity index (χ1) is 11.1. The standard InChI is InChI=1S/C18H19N3OS/c1-10(22)12-5-3-6-13(9-12)21-17-16-14-7-4-8-15(14)23-18(16)20-11(2)19-17/h3,5-6,9-10,22H,4,7-8H2,1-2H3,(H,19,20,21). The van der Waals surface area contributed by atoms with Gasteiger partial charge >= 0.3 is 0 Å². The number of rotatable bonds is 3. The predicted molar refractivity (Wildman–Crippen MR) is 94.5 cm³/mol. The summed E-state index contributed by atoms with van der Waals surface area (Å²) in [6, 6.07) is 7.86. The summed E-state index contributed by atoms with van der Waals surface area (Å²) < 4.78 is 0. The average Bonchev–Trinajstić information content (AvgIpc) is 3.07. The van der Waals surface area contributed by atoms with E-state index in [-0.39, 0.29) is 0 Å². The molecule has 0 spiro atoms. The number of fused-ring (bicyclic) bond motifs is 3. The Labute approximate surface area is 139 Å². The Morgan fingerprint density at radius 1 is 1.26 bits per heavy atom. The number of hydrogen-bond donors (Lipinski definition) is 2. The van der Waals surface area contributed by atoms with E-state index in [2.05, 4.69) is 15.3 Å². The number of aryl methyl sites for hydroxylation is 3. The van der Waals surface area contributed by atoms with Gasteiger partial charge in [-0.25, -0.2) is 9.97 Å². The Balaban J connectivity index is 1.81. The second-order valence-corrected chi connectivity index (χ2v) is 7.17. The van der Waals surface area contributed by atoms with Gasteiger partial charge < -0.3 is 10.4 Å². The Kier molecular flexibility index (Phi) is 3.54. The van der Waals surface area contributed by atoms with Gasteiger partial charge in [0.15, 0.2) is 0 Å². The summed E-state index contributed by atoms with van der Waals surface area (Å²) in [5, 5.41) is 14.4. The van der Waals surface area contributed by atoms with Gasteiger partial charge in [0.05, 0.1) is 11.5 Å². The monoisotopic (exact) mass is 325 g/mol. The smallest absolute Gasteiger partial charge is 0.143 e. The maximum atomic E-state index is 9.77. The van der Waals surface area contributed by atoms with Crippen molar-refractivity contribution in [3.63, 3.8) is 0 Å². The zero-order valence-electron chi connectivity index (χ0n) is 13.3. The number of thiophene rings is 1. The molecule has 0 bridgehead atoms. The van der Waals surface area contributed by atoms with E-state index in [1.165, 1.54) is 22.2 Å². The number of aliphatic hydroxyl groups excluding tert-OH is 1. The number of aromatic nitrogens is 2. The maximum Gasteiger partial charge on any atom is 0.143 e. The van der Waals surface area contributed by atoms with Crippen LogP contribution in [0, 0.1) is 6.92 Å². The first-order valence-electron chi connectivity index (χ1n) is 7.96. The lowest BCUT2D eigenvalue weighted by Crippen LogP contribution is -2.00. The number of hydrogen-bond acceptors (Lipinski definition) is 5. The molecule has 2 heterocycles. The van der Waals surface area contributed by atoms with Crippen LogP contribution in [0.25, 0.3) is 10.2 Å². The molecule has 0 aliphatic heterocycles. The van der Waals surface area contributed by atoms with E-state index in [1.54, 1.807) is 18.3 Å². The second kappa shape index (κ2) is 5.58. The highest BCUT2D eigenvalue weighted by molar-refractivity contribution is 7.19. The van der Waals surface area contributed by atoms with Gasteiger partial charge in [0.1, 0.15) is 16.5 Å². The highest BCUT2D eigenvalue weighted by Crippen LogP contribution is 2.40. The van der Waals surface area contributed by atoms with E-state index in [0.717, 1.165) is 40.6 Å². The minimum Gasteiger partial charge on any atom is -0.389 e. The van der Waals surface area contributed by atoms with Gasteiger partial charge in [-0.1, -0.05) is 12.1 Å². The summed E-state index contributed by atoms with van der Waals surface area (Å²) in [5.74, 6) is 1.67. The van der Waals surface area contributed by atoms with Crippen molar-refractivity contribution in [2.75, 3.05) is 5.32 Å². The van der Waals surface area contributed by atoms with Gasteiger partial charge in [0.25, 0.3) is 0 Å². The fraction of sp³-hybridized carbons (Fsp3) is 0.333. The van der Waals surface area contributed by atoms with Crippen molar-refractivity contribution in [2.24, 2.45) is 0 Å². The fourth-order valence-electron chi connectivity index (χ4n) is 3.21.